The van der Waals surface area contributed by atoms with E-state index in [9.17, 15) is 14.0 Å². The number of halogens is 1. The summed E-state index contributed by atoms with van der Waals surface area (Å²) in [5, 5.41) is 2.87. The van der Waals surface area contributed by atoms with Crippen molar-refractivity contribution in [1.29, 1.82) is 0 Å². The summed E-state index contributed by atoms with van der Waals surface area (Å²) >= 11 is 0. The van der Waals surface area contributed by atoms with E-state index in [-0.39, 0.29) is 30.6 Å². The number of benzene rings is 4. The molecular formula is C29H25FN2O3. The molecule has 0 atom stereocenters. The van der Waals surface area contributed by atoms with Crippen molar-refractivity contribution < 1.29 is 18.7 Å². The Morgan fingerprint density at radius 1 is 0.800 bits per heavy atom. The summed E-state index contributed by atoms with van der Waals surface area (Å²) in [5.74, 6) is 0.0761. The molecule has 0 radical (unpaired) electrons. The van der Waals surface area contributed by atoms with Crippen molar-refractivity contribution in [2.45, 2.75) is 13.0 Å². The lowest BCUT2D eigenvalue weighted by molar-refractivity contribution is -0.115. The maximum absolute atomic E-state index is 13.4. The minimum absolute atomic E-state index is 0.147. The van der Waals surface area contributed by atoms with Gasteiger partial charge in [0.25, 0.3) is 5.91 Å². The van der Waals surface area contributed by atoms with Gasteiger partial charge in [0.15, 0.2) is 0 Å². The Kier molecular flexibility index (Phi) is 7.53. The second kappa shape index (κ2) is 11.1. The van der Waals surface area contributed by atoms with Crippen molar-refractivity contribution in [3.05, 3.63) is 126 Å². The molecule has 2 amide bonds. The van der Waals surface area contributed by atoms with Gasteiger partial charge in [-0.05, 0) is 71.8 Å². The summed E-state index contributed by atoms with van der Waals surface area (Å²) in [6.07, 6.45) is 0.191. The van der Waals surface area contributed by atoms with Gasteiger partial charge in [0.1, 0.15) is 11.6 Å². The fourth-order valence-electron chi connectivity index (χ4n) is 3.65. The average molecular weight is 469 g/mol. The molecule has 0 heterocycles. The summed E-state index contributed by atoms with van der Waals surface area (Å²) in [4.78, 5) is 27.4. The van der Waals surface area contributed by atoms with E-state index in [2.05, 4.69) is 5.32 Å². The van der Waals surface area contributed by atoms with Gasteiger partial charge in [-0.1, -0.05) is 42.5 Å². The van der Waals surface area contributed by atoms with Crippen molar-refractivity contribution >= 4 is 23.2 Å². The number of hydrogen-bond donors (Lipinski definition) is 1. The van der Waals surface area contributed by atoms with Gasteiger partial charge in [-0.15, -0.1) is 0 Å². The quantitative estimate of drug-likeness (QED) is 0.352. The highest BCUT2D eigenvalue weighted by Crippen LogP contribution is 2.22. The Balaban J connectivity index is 1.49. The Labute approximate surface area is 203 Å². The molecule has 0 aromatic heterocycles. The predicted octanol–water partition coefficient (Wildman–Crippen LogP) is 5.86. The third kappa shape index (κ3) is 6.32. The number of nitrogens with zero attached hydrogens (tertiary/aromatic N) is 1. The first kappa shape index (κ1) is 23.7. The molecule has 0 fully saturated rings. The number of carbonyl (C=O) groups excluding carboxylic acids is 2. The average Bonchev–Trinajstić information content (AvgIpc) is 2.89. The largest absolute Gasteiger partial charge is 0.497 e. The van der Waals surface area contributed by atoms with Crippen LogP contribution in [0.4, 0.5) is 15.8 Å². The first-order valence-corrected chi connectivity index (χ1v) is 11.2. The first-order valence-electron chi connectivity index (χ1n) is 11.2. The third-order valence-corrected chi connectivity index (χ3v) is 5.51. The molecule has 5 nitrogen and oxygen atoms in total. The molecule has 35 heavy (non-hydrogen) atoms. The van der Waals surface area contributed by atoms with Crippen molar-refractivity contribution in [2.75, 3.05) is 17.3 Å². The van der Waals surface area contributed by atoms with Crippen LogP contribution in [-0.2, 0) is 17.8 Å². The molecular weight excluding hydrogens is 443 g/mol. The Morgan fingerprint density at radius 3 is 2.06 bits per heavy atom. The fraction of sp³-hybridized carbons (Fsp3) is 0.103. The Bertz CT molecular complexity index is 1270. The molecule has 4 aromatic carbocycles. The van der Waals surface area contributed by atoms with Gasteiger partial charge < -0.3 is 15.0 Å². The molecule has 4 aromatic rings. The zero-order valence-electron chi connectivity index (χ0n) is 19.3. The van der Waals surface area contributed by atoms with Crippen LogP contribution >= 0.6 is 0 Å². The van der Waals surface area contributed by atoms with E-state index in [1.165, 1.54) is 12.1 Å². The summed E-state index contributed by atoms with van der Waals surface area (Å²) < 4.78 is 18.5. The second-order valence-electron chi connectivity index (χ2n) is 8.00. The molecule has 0 aliphatic rings. The van der Waals surface area contributed by atoms with Gasteiger partial charge in [0.2, 0.25) is 5.91 Å². The Hall–Kier alpha value is -4.45. The lowest BCUT2D eigenvalue weighted by atomic mass is 10.1. The maximum atomic E-state index is 13.4. The second-order valence-corrected chi connectivity index (χ2v) is 8.00. The highest BCUT2D eigenvalue weighted by molar-refractivity contribution is 6.06. The van der Waals surface area contributed by atoms with Gasteiger partial charge >= 0.3 is 0 Å². The molecule has 0 spiro atoms. The zero-order chi connectivity index (χ0) is 24.6. The standard InChI is InChI=1S/C29H25FN2O3/c1-35-27-17-13-25(14-18-27)31-28(33)19-21-9-15-26(16-10-21)32(20-22-7-11-24(30)12-8-22)29(34)23-5-3-2-4-6-23/h2-18H,19-20H2,1H3,(H,31,33). The fourth-order valence-corrected chi connectivity index (χ4v) is 3.65. The van der Waals surface area contributed by atoms with E-state index >= 15 is 0 Å². The van der Waals surface area contributed by atoms with Crippen molar-refractivity contribution in [2.24, 2.45) is 0 Å². The Morgan fingerprint density at radius 2 is 1.43 bits per heavy atom. The van der Waals surface area contributed by atoms with Crippen LogP contribution in [0.15, 0.2) is 103 Å². The van der Waals surface area contributed by atoms with Crippen molar-refractivity contribution in [3.8, 4) is 5.75 Å². The van der Waals surface area contributed by atoms with Crippen LogP contribution in [0.3, 0.4) is 0 Å². The van der Waals surface area contributed by atoms with Crippen LogP contribution in [0.2, 0.25) is 0 Å². The number of carbonyl (C=O) groups is 2. The monoisotopic (exact) mass is 468 g/mol. The van der Waals surface area contributed by atoms with E-state index < -0.39 is 0 Å². The van der Waals surface area contributed by atoms with Gasteiger partial charge in [-0.2, -0.15) is 0 Å². The number of nitrogens with one attached hydrogen (secondary N) is 1. The molecule has 0 saturated carbocycles. The number of anilines is 2. The van der Waals surface area contributed by atoms with E-state index in [1.54, 1.807) is 60.5 Å². The molecule has 0 bridgehead atoms. The number of amides is 2. The summed E-state index contributed by atoms with van der Waals surface area (Å²) in [6, 6.07) is 29.5. The van der Waals surface area contributed by atoms with Crippen molar-refractivity contribution in [1.82, 2.24) is 0 Å². The summed E-state index contributed by atoms with van der Waals surface area (Å²) in [7, 11) is 1.59. The van der Waals surface area contributed by atoms with Crippen molar-refractivity contribution in [3.63, 3.8) is 0 Å². The minimum Gasteiger partial charge on any atom is -0.497 e. The summed E-state index contributed by atoms with van der Waals surface area (Å²) in [5.41, 5.74) is 3.54. The van der Waals surface area contributed by atoms with Gasteiger partial charge in [0.05, 0.1) is 20.1 Å². The highest BCUT2D eigenvalue weighted by atomic mass is 19.1. The molecule has 0 aliphatic carbocycles. The van der Waals surface area contributed by atoms with Gasteiger partial charge in [-0.25, -0.2) is 4.39 Å². The predicted molar refractivity (Wildman–Crippen MR) is 135 cm³/mol. The van der Waals surface area contributed by atoms with E-state index in [0.29, 0.717) is 22.7 Å². The molecule has 176 valence electrons. The third-order valence-electron chi connectivity index (χ3n) is 5.51. The molecule has 1 N–H and O–H groups in total. The first-order chi connectivity index (χ1) is 17.0. The number of ether oxygens (including phenoxy) is 1. The van der Waals surface area contributed by atoms with Crippen LogP contribution in [0.1, 0.15) is 21.5 Å². The van der Waals surface area contributed by atoms with Gasteiger partial charge in [0, 0.05) is 16.9 Å². The minimum atomic E-state index is -0.327. The zero-order valence-corrected chi connectivity index (χ0v) is 19.3. The summed E-state index contributed by atoms with van der Waals surface area (Å²) in [6.45, 7) is 0.283. The smallest absolute Gasteiger partial charge is 0.258 e. The number of methoxy groups -OCH3 is 1. The van der Waals surface area contributed by atoms with E-state index in [0.717, 1.165) is 11.1 Å². The molecule has 0 saturated heterocycles. The highest BCUT2D eigenvalue weighted by Gasteiger charge is 2.18. The lowest BCUT2D eigenvalue weighted by Gasteiger charge is -2.23. The van der Waals surface area contributed by atoms with E-state index in [4.69, 9.17) is 4.74 Å². The lowest BCUT2D eigenvalue weighted by Crippen LogP contribution is -2.30. The molecule has 4 rings (SSSR count). The molecule has 0 aliphatic heterocycles. The van der Waals surface area contributed by atoms with Gasteiger partial charge in [-0.3, -0.25) is 9.59 Å². The normalized spacial score (nSPS) is 10.5. The van der Waals surface area contributed by atoms with Crippen LogP contribution in [0, 0.1) is 5.82 Å². The number of hydrogen-bond acceptors (Lipinski definition) is 3. The van der Waals surface area contributed by atoms with Crippen LogP contribution in [0.25, 0.3) is 0 Å². The molecule has 0 unspecified atom stereocenters. The molecule has 6 heteroatoms. The topological polar surface area (TPSA) is 58.6 Å². The van der Waals surface area contributed by atoms with Crippen LogP contribution in [0.5, 0.6) is 5.75 Å². The number of rotatable bonds is 8. The maximum Gasteiger partial charge on any atom is 0.258 e. The van der Waals surface area contributed by atoms with Crippen LogP contribution in [-0.4, -0.2) is 18.9 Å². The van der Waals surface area contributed by atoms with E-state index in [1.807, 2.05) is 42.5 Å². The van der Waals surface area contributed by atoms with Crippen LogP contribution < -0.4 is 15.0 Å². The SMILES string of the molecule is COc1ccc(NC(=O)Cc2ccc(N(Cc3ccc(F)cc3)C(=O)c3ccccc3)cc2)cc1.